The van der Waals surface area contributed by atoms with Crippen LogP contribution < -0.4 is 0 Å². The number of nitrogens with zero attached hydrogens (tertiary/aromatic N) is 1. The first kappa shape index (κ1) is 10.0. The second-order valence-corrected chi connectivity index (χ2v) is 4.67. The monoisotopic (exact) mass is 169 g/mol. The van der Waals surface area contributed by atoms with E-state index in [1.807, 2.05) is 0 Å². The predicted molar refractivity (Wildman–Crippen MR) is 54.2 cm³/mol. The van der Waals surface area contributed by atoms with Crippen molar-refractivity contribution in [1.82, 2.24) is 4.90 Å². The van der Waals surface area contributed by atoms with Crippen molar-refractivity contribution in [1.29, 1.82) is 0 Å². The highest BCUT2D eigenvalue weighted by Crippen LogP contribution is 2.34. The third-order valence-electron chi connectivity index (χ3n) is 3.28. The minimum Gasteiger partial charge on any atom is -0.297 e. The third kappa shape index (κ3) is 1.66. The van der Waals surface area contributed by atoms with Gasteiger partial charge in [-0.1, -0.05) is 20.8 Å². The molecule has 1 nitrogen and oxygen atoms in total. The van der Waals surface area contributed by atoms with E-state index in [-0.39, 0.29) is 0 Å². The van der Waals surface area contributed by atoms with Crippen molar-refractivity contribution in [3.63, 3.8) is 0 Å². The summed E-state index contributed by atoms with van der Waals surface area (Å²) in [6.07, 6.45) is 1.32. The molecule has 0 bridgehead atoms. The number of likely N-dealkylation sites (tertiary alicyclic amines) is 1. The van der Waals surface area contributed by atoms with Crippen LogP contribution in [0.2, 0.25) is 0 Å². The maximum atomic E-state index is 2.63. The molecule has 1 aliphatic heterocycles. The third-order valence-corrected chi connectivity index (χ3v) is 3.28. The summed E-state index contributed by atoms with van der Waals surface area (Å²) < 4.78 is 0. The lowest BCUT2D eigenvalue weighted by molar-refractivity contribution is -0.0362. The van der Waals surface area contributed by atoms with E-state index in [0.29, 0.717) is 0 Å². The maximum Gasteiger partial charge on any atom is 0.0138 e. The topological polar surface area (TPSA) is 3.24 Å². The van der Waals surface area contributed by atoms with Crippen LogP contribution in [0.15, 0.2) is 0 Å². The van der Waals surface area contributed by atoms with Gasteiger partial charge in [0.2, 0.25) is 0 Å². The van der Waals surface area contributed by atoms with E-state index in [4.69, 9.17) is 0 Å². The van der Waals surface area contributed by atoms with Crippen LogP contribution in [0.25, 0.3) is 0 Å². The zero-order valence-corrected chi connectivity index (χ0v) is 9.17. The molecule has 0 saturated carbocycles. The summed E-state index contributed by atoms with van der Waals surface area (Å²) in [7, 11) is 0. The molecule has 12 heavy (non-hydrogen) atoms. The summed E-state index contributed by atoms with van der Waals surface area (Å²) in [6.45, 7) is 13.0. The Morgan fingerprint density at radius 1 is 1.25 bits per heavy atom. The van der Waals surface area contributed by atoms with Crippen molar-refractivity contribution < 1.29 is 0 Å². The van der Waals surface area contributed by atoms with Gasteiger partial charge in [-0.25, -0.2) is 0 Å². The van der Waals surface area contributed by atoms with Gasteiger partial charge in [0.25, 0.3) is 0 Å². The van der Waals surface area contributed by atoms with Crippen molar-refractivity contribution in [3.05, 3.63) is 0 Å². The predicted octanol–water partition coefficient (Wildman–Crippen LogP) is 2.76. The quantitative estimate of drug-likeness (QED) is 0.628. The van der Waals surface area contributed by atoms with Crippen molar-refractivity contribution in [2.75, 3.05) is 6.54 Å². The number of rotatable bonds is 3. The van der Waals surface area contributed by atoms with Gasteiger partial charge in [-0.05, 0) is 32.1 Å². The first-order chi connectivity index (χ1) is 5.57. The Hall–Kier alpha value is -0.0400. The summed E-state index contributed by atoms with van der Waals surface area (Å²) in [5.41, 5.74) is 0. The van der Waals surface area contributed by atoms with Gasteiger partial charge in [-0.15, -0.1) is 0 Å². The first-order valence-electron chi connectivity index (χ1n) is 5.33. The summed E-state index contributed by atoms with van der Waals surface area (Å²) >= 11 is 0. The molecule has 0 N–H and O–H groups in total. The number of hydrogen-bond acceptors (Lipinski definition) is 1. The molecule has 1 saturated heterocycles. The number of hydrogen-bond donors (Lipinski definition) is 0. The van der Waals surface area contributed by atoms with Crippen molar-refractivity contribution in [3.8, 4) is 0 Å². The highest BCUT2D eigenvalue weighted by Gasteiger charge is 2.39. The van der Waals surface area contributed by atoms with Gasteiger partial charge in [-0.2, -0.15) is 0 Å². The summed E-state index contributed by atoms with van der Waals surface area (Å²) in [4.78, 5) is 2.63. The van der Waals surface area contributed by atoms with Crippen LogP contribution in [-0.2, 0) is 0 Å². The molecular formula is C11H23N. The van der Waals surface area contributed by atoms with E-state index in [1.54, 1.807) is 0 Å². The molecule has 0 radical (unpaired) electrons. The zero-order valence-electron chi connectivity index (χ0n) is 9.17. The SMILES string of the molecule is CCC1C(C(C)C)CN1C(C)C. The Labute approximate surface area is 77.1 Å². The zero-order chi connectivity index (χ0) is 9.30. The Morgan fingerprint density at radius 3 is 2.17 bits per heavy atom. The minimum absolute atomic E-state index is 0.741. The molecular weight excluding hydrogens is 146 g/mol. The molecule has 1 aliphatic rings. The first-order valence-corrected chi connectivity index (χ1v) is 5.33. The summed E-state index contributed by atoms with van der Waals surface area (Å²) in [6, 6.07) is 1.61. The van der Waals surface area contributed by atoms with Gasteiger partial charge in [0.15, 0.2) is 0 Å². The van der Waals surface area contributed by atoms with Crippen LogP contribution in [0.4, 0.5) is 0 Å². The van der Waals surface area contributed by atoms with Crippen LogP contribution >= 0.6 is 0 Å². The normalized spacial score (nSPS) is 31.2. The van der Waals surface area contributed by atoms with Crippen molar-refractivity contribution in [2.24, 2.45) is 11.8 Å². The second kappa shape index (κ2) is 3.78. The van der Waals surface area contributed by atoms with Crippen molar-refractivity contribution >= 4 is 0 Å². The van der Waals surface area contributed by atoms with E-state index < -0.39 is 0 Å². The van der Waals surface area contributed by atoms with Crippen LogP contribution in [0.5, 0.6) is 0 Å². The standard InChI is InChI=1S/C11H23N/c1-6-11-10(8(2)3)7-12(11)9(4)5/h8-11H,6-7H2,1-5H3. The van der Waals surface area contributed by atoms with Gasteiger partial charge in [0.1, 0.15) is 0 Å². The molecule has 1 rings (SSSR count). The molecule has 1 heterocycles. The molecule has 0 aromatic heterocycles. The van der Waals surface area contributed by atoms with Gasteiger partial charge >= 0.3 is 0 Å². The van der Waals surface area contributed by atoms with Gasteiger partial charge in [0.05, 0.1) is 0 Å². The molecule has 1 fully saturated rings. The molecule has 2 atom stereocenters. The molecule has 2 unspecified atom stereocenters. The maximum absolute atomic E-state index is 2.63. The van der Waals surface area contributed by atoms with Gasteiger partial charge < -0.3 is 0 Å². The molecule has 0 aliphatic carbocycles. The molecule has 0 aromatic rings. The molecule has 0 aromatic carbocycles. The summed E-state index contributed by atoms with van der Waals surface area (Å²) in [5, 5.41) is 0. The molecule has 72 valence electrons. The van der Waals surface area contributed by atoms with Crippen LogP contribution in [-0.4, -0.2) is 23.5 Å². The van der Waals surface area contributed by atoms with E-state index in [0.717, 1.165) is 23.9 Å². The minimum atomic E-state index is 0.741. The van der Waals surface area contributed by atoms with Gasteiger partial charge in [0, 0.05) is 18.6 Å². The Bertz CT molecular complexity index is 126. The Balaban J connectivity index is 2.46. The fourth-order valence-corrected chi connectivity index (χ4v) is 2.39. The van der Waals surface area contributed by atoms with E-state index >= 15 is 0 Å². The largest absolute Gasteiger partial charge is 0.297 e. The molecule has 0 amide bonds. The van der Waals surface area contributed by atoms with E-state index in [9.17, 15) is 0 Å². The highest BCUT2D eigenvalue weighted by molar-refractivity contribution is 4.93. The van der Waals surface area contributed by atoms with Crippen molar-refractivity contribution in [2.45, 2.75) is 53.1 Å². The smallest absolute Gasteiger partial charge is 0.0138 e. The average Bonchev–Trinajstić information content (AvgIpc) is 1.83. The fraction of sp³-hybridized carbons (Fsp3) is 1.00. The van der Waals surface area contributed by atoms with Crippen LogP contribution in [0, 0.1) is 11.8 Å². The lowest BCUT2D eigenvalue weighted by Gasteiger charge is -2.52. The van der Waals surface area contributed by atoms with E-state index in [1.165, 1.54) is 13.0 Å². The van der Waals surface area contributed by atoms with Crippen LogP contribution in [0.1, 0.15) is 41.0 Å². The molecule has 0 spiro atoms. The van der Waals surface area contributed by atoms with Crippen LogP contribution in [0.3, 0.4) is 0 Å². The Kier molecular flexibility index (Phi) is 3.16. The average molecular weight is 169 g/mol. The Morgan fingerprint density at radius 2 is 1.83 bits per heavy atom. The summed E-state index contributed by atoms with van der Waals surface area (Å²) in [5.74, 6) is 1.82. The van der Waals surface area contributed by atoms with Gasteiger partial charge in [-0.3, -0.25) is 4.90 Å². The highest BCUT2D eigenvalue weighted by atomic mass is 15.2. The fourth-order valence-electron chi connectivity index (χ4n) is 2.39. The second-order valence-electron chi connectivity index (χ2n) is 4.67. The lowest BCUT2D eigenvalue weighted by Crippen LogP contribution is -2.60. The van der Waals surface area contributed by atoms with E-state index in [2.05, 4.69) is 39.5 Å². The lowest BCUT2D eigenvalue weighted by atomic mass is 9.78. The molecule has 1 heteroatoms.